The summed E-state index contributed by atoms with van der Waals surface area (Å²) in [5.41, 5.74) is 1.00. The summed E-state index contributed by atoms with van der Waals surface area (Å²) in [5, 5.41) is 0. The molecular formula is C24H32F2N2O2S. The van der Waals surface area contributed by atoms with E-state index in [4.69, 9.17) is 0 Å². The molecule has 0 radical (unpaired) electrons. The molecule has 0 bridgehead atoms. The van der Waals surface area contributed by atoms with Crippen LogP contribution in [-0.2, 0) is 9.84 Å². The van der Waals surface area contributed by atoms with Crippen molar-refractivity contribution < 1.29 is 17.2 Å². The second kappa shape index (κ2) is 10.1. The average Bonchev–Trinajstić information content (AvgIpc) is 3.11. The van der Waals surface area contributed by atoms with Crippen molar-refractivity contribution in [1.82, 2.24) is 4.90 Å². The van der Waals surface area contributed by atoms with Crippen LogP contribution in [0, 0.1) is 11.8 Å². The first-order valence-corrected chi connectivity index (χ1v) is 12.7. The predicted molar refractivity (Wildman–Crippen MR) is 121 cm³/mol. The van der Waals surface area contributed by atoms with Crippen molar-refractivity contribution in [3.8, 4) is 0 Å². The van der Waals surface area contributed by atoms with Gasteiger partial charge in [-0.1, -0.05) is 48.9 Å². The third-order valence-corrected chi connectivity index (χ3v) is 7.29. The van der Waals surface area contributed by atoms with E-state index in [9.17, 15) is 17.2 Å². The Balaban J connectivity index is 0.000000158. The van der Waals surface area contributed by atoms with Crippen molar-refractivity contribution >= 4 is 15.5 Å². The maximum atomic E-state index is 12.2. The summed E-state index contributed by atoms with van der Waals surface area (Å²) in [5.74, 6) is -2.65. The number of rotatable bonds is 2. The fourth-order valence-electron chi connectivity index (χ4n) is 4.17. The number of alkyl halides is 2. The van der Waals surface area contributed by atoms with Crippen LogP contribution in [0.25, 0.3) is 0 Å². The van der Waals surface area contributed by atoms with Gasteiger partial charge in [0, 0.05) is 50.0 Å². The third kappa shape index (κ3) is 6.50. The van der Waals surface area contributed by atoms with Crippen LogP contribution in [-0.4, -0.2) is 58.7 Å². The molecule has 0 N–H and O–H groups in total. The molecule has 1 heterocycles. The summed E-state index contributed by atoms with van der Waals surface area (Å²) in [4.78, 5) is 4.90. The molecule has 0 spiro atoms. The number of fused-ring (bicyclic) bond motifs is 1. The second-order valence-electron chi connectivity index (χ2n) is 8.53. The van der Waals surface area contributed by atoms with Crippen LogP contribution in [0.3, 0.4) is 0 Å². The first-order chi connectivity index (χ1) is 14.7. The molecule has 31 heavy (non-hydrogen) atoms. The molecule has 1 aliphatic heterocycles. The van der Waals surface area contributed by atoms with Gasteiger partial charge in [-0.3, -0.25) is 0 Å². The molecule has 5 rings (SSSR count). The molecule has 2 unspecified atom stereocenters. The molecule has 1 saturated heterocycles. The van der Waals surface area contributed by atoms with E-state index in [0.717, 1.165) is 51.1 Å². The van der Waals surface area contributed by atoms with Crippen molar-refractivity contribution in [3.63, 3.8) is 0 Å². The highest BCUT2D eigenvalue weighted by atomic mass is 32.2. The standard InChI is InChI=1S/C12H18N2O2S.C6H8F2.C6H6/c1-13-6-8-14(9-7-13)11-4-3-5-12(10-11)17(2,15)16;7-6(8)4-2-1-3-5(4)6;1-2-4-6-5-3-1/h3-5,10H,6-9H2,1-2H3;4-5H,1-3H2;1-6H. The minimum absolute atomic E-state index is 0.206. The van der Waals surface area contributed by atoms with E-state index in [2.05, 4.69) is 16.8 Å². The molecule has 3 fully saturated rings. The molecule has 2 aromatic rings. The van der Waals surface area contributed by atoms with Gasteiger partial charge in [0.05, 0.1) is 4.90 Å². The maximum Gasteiger partial charge on any atom is 0.254 e. The lowest BCUT2D eigenvalue weighted by atomic mass is 10.2. The lowest BCUT2D eigenvalue weighted by Gasteiger charge is -2.34. The quantitative estimate of drug-likeness (QED) is 0.672. The number of nitrogens with zero attached hydrogens (tertiary/aromatic N) is 2. The van der Waals surface area contributed by atoms with Crippen LogP contribution in [0.2, 0.25) is 0 Å². The zero-order valence-corrected chi connectivity index (χ0v) is 19.1. The molecule has 2 aliphatic carbocycles. The summed E-state index contributed by atoms with van der Waals surface area (Å²) in [6.45, 7) is 3.93. The van der Waals surface area contributed by atoms with E-state index in [1.165, 1.54) is 6.26 Å². The third-order valence-electron chi connectivity index (χ3n) is 6.18. The smallest absolute Gasteiger partial charge is 0.254 e. The summed E-state index contributed by atoms with van der Waals surface area (Å²) in [6, 6.07) is 19.2. The van der Waals surface area contributed by atoms with Crippen molar-refractivity contribution in [2.75, 3.05) is 44.4 Å². The van der Waals surface area contributed by atoms with Crippen LogP contribution >= 0.6 is 0 Å². The van der Waals surface area contributed by atoms with Gasteiger partial charge in [0.15, 0.2) is 9.84 Å². The number of anilines is 1. The Morgan fingerprint density at radius 3 is 1.81 bits per heavy atom. The van der Waals surface area contributed by atoms with Crippen LogP contribution in [0.15, 0.2) is 65.6 Å². The Hall–Kier alpha value is -1.99. The predicted octanol–water partition coefficient (Wildman–Crippen LogP) is 4.58. The number of piperazine rings is 1. The Kier molecular flexibility index (Phi) is 7.70. The normalized spacial score (nSPS) is 24.2. The van der Waals surface area contributed by atoms with Crippen LogP contribution in [0.4, 0.5) is 14.5 Å². The average molecular weight is 451 g/mol. The van der Waals surface area contributed by atoms with Crippen LogP contribution in [0.5, 0.6) is 0 Å². The minimum atomic E-state index is -3.11. The number of sulfone groups is 1. The van der Waals surface area contributed by atoms with E-state index in [1.54, 1.807) is 12.1 Å². The van der Waals surface area contributed by atoms with E-state index >= 15 is 0 Å². The number of likely N-dealkylation sites (N-methyl/N-ethyl adjacent to an activating group) is 1. The zero-order valence-electron chi connectivity index (χ0n) is 18.3. The topological polar surface area (TPSA) is 40.6 Å². The highest BCUT2D eigenvalue weighted by Crippen LogP contribution is 2.63. The maximum absolute atomic E-state index is 12.2. The van der Waals surface area contributed by atoms with Crippen LogP contribution < -0.4 is 4.90 Å². The fraction of sp³-hybridized carbons (Fsp3) is 0.500. The zero-order chi connectivity index (χ0) is 22.5. The van der Waals surface area contributed by atoms with Crippen molar-refractivity contribution in [2.45, 2.75) is 30.1 Å². The van der Waals surface area contributed by atoms with Crippen molar-refractivity contribution in [1.29, 1.82) is 0 Å². The first-order valence-electron chi connectivity index (χ1n) is 10.8. The van der Waals surface area contributed by atoms with Gasteiger partial charge in [0.1, 0.15) is 0 Å². The van der Waals surface area contributed by atoms with E-state index in [1.807, 2.05) is 48.5 Å². The lowest BCUT2D eigenvalue weighted by Crippen LogP contribution is -2.44. The molecule has 2 atom stereocenters. The molecule has 170 valence electrons. The highest BCUT2D eigenvalue weighted by molar-refractivity contribution is 7.90. The molecule has 7 heteroatoms. The van der Waals surface area contributed by atoms with Gasteiger partial charge < -0.3 is 9.80 Å². The highest BCUT2D eigenvalue weighted by Gasteiger charge is 2.69. The van der Waals surface area contributed by atoms with Crippen molar-refractivity contribution in [3.05, 3.63) is 60.7 Å². The first kappa shape index (κ1) is 23.7. The minimum Gasteiger partial charge on any atom is -0.369 e. The van der Waals surface area contributed by atoms with Gasteiger partial charge in [0.2, 0.25) is 0 Å². The van der Waals surface area contributed by atoms with Gasteiger partial charge >= 0.3 is 0 Å². The summed E-state index contributed by atoms with van der Waals surface area (Å²) in [7, 11) is -1.01. The molecule has 3 aliphatic rings. The Labute approximate surface area is 184 Å². The molecule has 2 saturated carbocycles. The molecule has 2 aromatic carbocycles. The van der Waals surface area contributed by atoms with Crippen molar-refractivity contribution in [2.24, 2.45) is 11.8 Å². The molecular weight excluding hydrogens is 418 g/mol. The Morgan fingerprint density at radius 1 is 0.871 bits per heavy atom. The summed E-state index contributed by atoms with van der Waals surface area (Å²) in [6.07, 6.45) is 3.83. The second-order valence-corrected chi connectivity index (χ2v) is 10.5. The van der Waals surface area contributed by atoms with Gasteiger partial charge in [-0.2, -0.15) is 0 Å². The summed E-state index contributed by atoms with van der Waals surface area (Å²) < 4.78 is 47.5. The Morgan fingerprint density at radius 2 is 1.39 bits per heavy atom. The van der Waals surface area contributed by atoms with E-state index in [-0.39, 0.29) is 11.8 Å². The van der Waals surface area contributed by atoms with E-state index in [0.29, 0.717) is 4.90 Å². The monoisotopic (exact) mass is 450 g/mol. The number of benzene rings is 2. The number of hydrogen-bond acceptors (Lipinski definition) is 4. The molecule has 0 amide bonds. The van der Waals surface area contributed by atoms with Gasteiger partial charge in [0.25, 0.3) is 5.92 Å². The fourth-order valence-corrected chi connectivity index (χ4v) is 4.83. The Bertz CT molecular complexity index is 891. The number of hydrogen-bond donors (Lipinski definition) is 0. The van der Waals surface area contributed by atoms with Crippen LogP contribution in [0.1, 0.15) is 19.3 Å². The molecule has 4 nitrogen and oxygen atoms in total. The van der Waals surface area contributed by atoms with Gasteiger partial charge in [-0.05, 0) is 38.1 Å². The van der Waals surface area contributed by atoms with Gasteiger partial charge in [-0.25, -0.2) is 17.2 Å². The summed E-state index contributed by atoms with van der Waals surface area (Å²) >= 11 is 0. The largest absolute Gasteiger partial charge is 0.369 e. The van der Waals surface area contributed by atoms with Gasteiger partial charge in [-0.15, -0.1) is 0 Å². The van der Waals surface area contributed by atoms with E-state index < -0.39 is 15.8 Å². The lowest BCUT2D eigenvalue weighted by molar-refractivity contribution is 0.0728. The molecule has 0 aromatic heterocycles. The number of halogens is 2. The SMILES string of the molecule is CN1CCN(c2cccc(S(C)(=O)=O)c2)CC1.FC1(F)C2CCCC21.c1ccccc1.